The minimum absolute atomic E-state index is 0.0553. The molecule has 0 radical (unpaired) electrons. The lowest BCUT2D eigenvalue weighted by Crippen LogP contribution is -2.32. The molecule has 0 aliphatic carbocycles. The van der Waals surface area contributed by atoms with Crippen LogP contribution in [0.2, 0.25) is 0 Å². The zero-order chi connectivity index (χ0) is 31.3. The van der Waals surface area contributed by atoms with Gasteiger partial charge in [-0.15, -0.1) is 0 Å². The maximum absolute atomic E-state index is 13.1. The fourth-order valence-electron chi connectivity index (χ4n) is 6.35. The predicted octanol–water partition coefficient (Wildman–Crippen LogP) is 4.92. The quantitative estimate of drug-likeness (QED) is 0.189. The highest BCUT2D eigenvalue weighted by atomic mass is 16.2. The molecule has 2 aliphatic rings. The largest absolute Gasteiger partial charge is 0.340 e. The van der Waals surface area contributed by atoms with Gasteiger partial charge in [-0.2, -0.15) is 0 Å². The molecule has 2 atom stereocenters. The smallest absolute Gasteiger partial charge is 0.227 e. The van der Waals surface area contributed by atoms with Gasteiger partial charge in [-0.25, -0.2) is 9.97 Å². The molecule has 1 aromatic carbocycles. The highest BCUT2D eigenvalue weighted by Gasteiger charge is 2.32. The van der Waals surface area contributed by atoms with Crippen LogP contribution in [0.4, 0.5) is 0 Å². The summed E-state index contributed by atoms with van der Waals surface area (Å²) in [7, 11) is 0. The fourth-order valence-corrected chi connectivity index (χ4v) is 6.35. The molecule has 230 valence electrons. The second kappa shape index (κ2) is 13.3. The Morgan fingerprint density at radius 2 is 1.57 bits per heavy atom. The van der Waals surface area contributed by atoms with E-state index in [1.165, 1.54) is 0 Å². The van der Waals surface area contributed by atoms with Gasteiger partial charge in [0.2, 0.25) is 5.91 Å². The van der Waals surface area contributed by atoms with E-state index in [4.69, 9.17) is 0 Å². The topological polar surface area (TPSA) is 124 Å². The maximum Gasteiger partial charge on any atom is 0.227 e. The Morgan fingerprint density at radius 1 is 0.804 bits per heavy atom. The number of aromatic nitrogens is 6. The number of likely N-dealkylation sites (tertiary alicyclic amines) is 2. The van der Waals surface area contributed by atoms with E-state index in [-0.39, 0.29) is 23.8 Å². The van der Waals surface area contributed by atoms with Crippen LogP contribution < -0.4 is 0 Å². The van der Waals surface area contributed by atoms with Crippen molar-refractivity contribution < 1.29 is 9.59 Å². The average Bonchev–Trinajstić information content (AvgIpc) is 3.92. The van der Waals surface area contributed by atoms with Crippen molar-refractivity contribution in [3.63, 3.8) is 0 Å². The summed E-state index contributed by atoms with van der Waals surface area (Å²) in [6.07, 6.45) is 14.5. The van der Waals surface area contributed by atoms with Crippen LogP contribution in [0.25, 0.3) is 11.3 Å². The molecule has 2 N–H and O–H groups in total. The third-order valence-electron chi connectivity index (χ3n) is 8.70. The summed E-state index contributed by atoms with van der Waals surface area (Å²) >= 11 is 0. The van der Waals surface area contributed by atoms with E-state index in [0.29, 0.717) is 18.5 Å². The van der Waals surface area contributed by atoms with Gasteiger partial charge in [-0.3, -0.25) is 24.5 Å². The van der Waals surface area contributed by atoms with E-state index in [1.54, 1.807) is 43.1 Å². The van der Waals surface area contributed by atoms with Crippen molar-refractivity contribution in [1.82, 2.24) is 39.7 Å². The van der Waals surface area contributed by atoms with Gasteiger partial charge < -0.3 is 14.9 Å². The number of hydrogen-bond donors (Lipinski definition) is 2. The van der Waals surface area contributed by atoms with Crippen molar-refractivity contribution in [2.75, 3.05) is 19.6 Å². The van der Waals surface area contributed by atoms with E-state index in [9.17, 15) is 9.59 Å². The number of ketones is 1. The number of carbonyl (C=O) groups is 2. The lowest BCUT2D eigenvalue weighted by molar-refractivity contribution is -0.131. The van der Waals surface area contributed by atoms with Crippen molar-refractivity contribution in [1.29, 1.82) is 0 Å². The standard InChI is InChI=1S/C36H34N8O2/c45-33(28-6-2-16-38-21-28)24-43-17-3-7-31(43)35-39-22-29(41-35)14-11-25-9-12-27(13-10-25)30-23-40-36(42-30)32-8-4-18-44(32)34(46)19-26-5-1-15-37-20-26/h1-2,5-6,9-10,12-13,15-16,20-23,31-32H,3-4,7-8,17-19,24H2,(H,39,41)(H,40,42)/t31-,32-/m0/s1. The second-order valence-corrected chi connectivity index (χ2v) is 11.8. The summed E-state index contributed by atoms with van der Waals surface area (Å²) in [5.41, 5.74) is 5.07. The molecule has 1 amide bonds. The molecule has 0 spiro atoms. The first-order valence-corrected chi connectivity index (χ1v) is 15.7. The monoisotopic (exact) mass is 610 g/mol. The summed E-state index contributed by atoms with van der Waals surface area (Å²) < 4.78 is 0. The lowest BCUT2D eigenvalue weighted by Gasteiger charge is -2.23. The summed E-state index contributed by atoms with van der Waals surface area (Å²) in [5.74, 6) is 8.23. The van der Waals surface area contributed by atoms with Crippen LogP contribution in [0.1, 0.15) is 76.6 Å². The first kappa shape index (κ1) is 29.3. The van der Waals surface area contributed by atoms with E-state index in [0.717, 1.165) is 78.5 Å². The SMILES string of the molecule is O=C(CN1CCC[C@H]1c1ncc(C#Cc2ccc(-c3cnc([C@@H]4CCCN4C(=O)Cc4cccnc4)[nH]3)cc2)[nH]1)c1cccnc1. The van der Waals surface area contributed by atoms with E-state index < -0.39 is 0 Å². The van der Waals surface area contributed by atoms with Gasteiger partial charge in [0.25, 0.3) is 0 Å². The molecule has 10 nitrogen and oxygen atoms in total. The molecule has 7 rings (SSSR count). The molecule has 0 unspecified atom stereocenters. The number of aromatic amines is 2. The molecule has 5 aromatic rings. The molecule has 2 saturated heterocycles. The Hall–Kier alpha value is -5.40. The number of hydrogen-bond acceptors (Lipinski definition) is 7. The van der Waals surface area contributed by atoms with Crippen LogP contribution >= 0.6 is 0 Å². The Balaban J connectivity index is 0.977. The minimum Gasteiger partial charge on any atom is -0.340 e. The number of rotatable bonds is 8. The van der Waals surface area contributed by atoms with Crippen LogP contribution in [0.5, 0.6) is 0 Å². The molecular weight excluding hydrogens is 576 g/mol. The number of benzene rings is 1. The highest BCUT2D eigenvalue weighted by Crippen LogP contribution is 2.32. The van der Waals surface area contributed by atoms with E-state index in [2.05, 4.69) is 46.6 Å². The third kappa shape index (κ3) is 6.50. The second-order valence-electron chi connectivity index (χ2n) is 11.8. The van der Waals surface area contributed by atoms with Gasteiger partial charge >= 0.3 is 0 Å². The van der Waals surface area contributed by atoms with Gasteiger partial charge in [0.1, 0.15) is 17.3 Å². The molecule has 0 bridgehead atoms. The summed E-state index contributed by atoms with van der Waals surface area (Å²) in [4.78, 5) is 54.2. The molecule has 10 heteroatoms. The zero-order valence-electron chi connectivity index (χ0n) is 25.4. The van der Waals surface area contributed by atoms with Gasteiger partial charge in [0.05, 0.1) is 43.1 Å². The fraction of sp³-hybridized carbons (Fsp3) is 0.278. The summed E-state index contributed by atoms with van der Waals surface area (Å²) in [6, 6.07) is 15.4. The van der Waals surface area contributed by atoms with Crippen LogP contribution in [0, 0.1) is 11.8 Å². The van der Waals surface area contributed by atoms with Gasteiger partial charge in [-0.05, 0) is 79.6 Å². The Labute approximate surface area is 267 Å². The van der Waals surface area contributed by atoms with Crippen LogP contribution in [0.3, 0.4) is 0 Å². The molecule has 6 heterocycles. The molecule has 4 aromatic heterocycles. The van der Waals surface area contributed by atoms with Crippen molar-refractivity contribution in [3.8, 4) is 23.1 Å². The number of nitrogens with one attached hydrogen (secondary N) is 2. The number of pyridine rings is 2. The number of carbonyl (C=O) groups excluding carboxylic acids is 2. The third-order valence-corrected chi connectivity index (χ3v) is 8.70. The first-order chi connectivity index (χ1) is 22.6. The van der Waals surface area contributed by atoms with Crippen LogP contribution in [0.15, 0.2) is 85.7 Å². The molecule has 0 saturated carbocycles. The van der Waals surface area contributed by atoms with Gasteiger partial charge in [0.15, 0.2) is 5.78 Å². The minimum atomic E-state index is -0.0553. The Morgan fingerprint density at radius 3 is 2.37 bits per heavy atom. The average molecular weight is 611 g/mol. The predicted molar refractivity (Wildman–Crippen MR) is 172 cm³/mol. The molecule has 2 fully saturated rings. The number of nitrogens with zero attached hydrogens (tertiary/aromatic N) is 6. The molecule has 46 heavy (non-hydrogen) atoms. The Kier molecular flexibility index (Phi) is 8.48. The van der Waals surface area contributed by atoms with Crippen molar-refractivity contribution in [2.24, 2.45) is 0 Å². The van der Waals surface area contributed by atoms with E-state index >= 15 is 0 Å². The normalized spacial score (nSPS) is 18.0. The number of imidazole rings is 2. The lowest BCUT2D eigenvalue weighted by atomic mass is 10.1. The summed E-state index contributed by atoms with van der Waals surface area (Å²) in [5, 5.41) is 0. The maximum atomic E-state index is 13.1. The van der Waals surface area contributed by atoms with Gasteiger partial charge in [-0.1, -0.05) is 24.1 Å². The van der Waals surface area contributed by atoms with Crippen molar-refractivity contribution >= 4 is 11.7 Å². The molecular formula is C36H34N8O2. The van der Waals surface area contributed by atoms with E-state index in [1.807, 2.05) is 47.5 Å². The highest BCUT2D eigenvalue weighted by molar-refractivity contribution is 5.97. The van der Waals surface area contributed by atoms with Crippen LogP contribution in [-0.2, 0) is 11.2 Å². The van der Waals surface area contributed by atoms with Gasteiger partial charge in [0, 0.05) is 42.5 Å². The van der Waals surface area contributed by atoms with Crippen molar-refractivity contribution in [2.45, 2.75) is 44.2 Å². The number of amides is 1. The van der Waals surface area contributed by atoms with Crippen LogP contribution in [-0.4, -0.2) is 71.0 Å². The number of H-pyrrole nitrogens is 2. The summed E-state index contributed by atoms with van der Waals surface area (Å²) in [6.45, 7) is 1.92. The molecule has 2 aliphatic heterocycles. The van der Waals surface area contributed by atoms with Crippen molar-refractivity contribution in [3.05, 3.63) is 120 Å². The Bertz CT molecular complexity index is 1870. The number of Topliss-reactive ketones (excluding diaryl/α,β-unsaturated/α-hetero) is 1. The zero-order valence-corrected chi connectivity index (χ0v) is 25.4. The first-order valence-electron chi connectivity index (χ1n) is 15.7.